The van der Waals surface area contributed by atoms with Gasteiger partial charge in [0.15, 0.2) is 7.14 Å². The predicted octanol–water partition coefficient (Wildman–Crippen LogP) is 2.26. The number of halogens is 1. The van der Waals surface area contributed by atoms with E-state index in [0.29, 0.717) is 0 Å². The molecule has 0 unspecified atom stereocenters. The van der Waals surface area contributed by atoms with Gasteiger partial charge in [-0.15, -0.1) is 0 Å². The summed E-state index contributed by atoms with van der Waals surface area (Å²) in [4.78, 5) is 0.188. The first-order valence-electron chi connectivity index (χ1n) is 9.50. The van der Waals surface area contributed by atoms with E-state index in [1.165, 1.54) is 5.56 Å². The molecule has 0 aliphatic heterocycles. The van der Waals surface area contributed by atoms with E-state index in [4.69, 9.17) is 2.51 Å². The van der Waals surface area contributed by atoms with Crippen LogP contribution in [0.4, 0.5) is 0 Å². The van der Waals surface area contributed by atoms with Crippen molar-refractivity contribution in [2.24, 2.45) is 0 Å². The van der Waals surface area contributed by atoms with Gasteiger partial charge in [0.2, 0.25) is 0 Å². The molecule has 0 aromatic heterocycles. The van der Waals surface area contributed by atoms with Crippen molar-refractivity contribution in [1.82, 2.24) is 0 Å². The quantitative estimate of drug-likeness (QED) is 0.346. The van der Waals surface area contributed by atoms with Crippen LogP contribution < -0.4 is 20.2 Å². The molecule has 4 aromatic rings. The molecule has 0 N–H and O–H groups in total. The number of hydrogen-bond donors (Lipinski definition) is 0. The Bertz CT molecular complexity index is 1140. The molecule has 4 rings (SSSR count). The van der Waals surface area contributed by atoms with E-state index < -0.39 is 30.4 Å². The van der Waals surface area contributed by atoms with Crippen molar-refractivity contribution in [3.8, 4) is 0 Å². The molecular weight excluding hydrogens is 507 g/mol. The first kappa shape index (κ1) is 20.8. The average Bonchev–Trinajstić information content (AvgIpc) is 2.80. The van der Waals surface area contributed by atoms with Gasteiger partial charge in [-0.2, -0.15) is 8.42 Å². The molecule has 5 heteroatoms. The van der Waals surface area contributed by atoms with Crippen LogP contribution in [0.1, 0.15) is 11.1 Å². The van der Waals surface area contributed by atoms with Crippen molar-refractivity contribution in [2.45, 2.75) is 11.3 Å². The van der Waals surface area contributed by atoms with Crippen molar-refractivity contribution in [1.29, 1.82) is 0 Å². The van der Waals surface area contributed by atoms with Gasteiger partial charge in [0.1, 0.15) is 0 Å². The van der Waals surface area contributed by atoms with Crippen molar-refractivity contribution in [2.75, 3.05) is 0 Å². The normalized spacial score (nSPS) is 11.5. The fraction of sp³-hybridized carbons (Fsp3) is 0.0400. The van der Waals surface area contributed by atoms with E-state index in [2.05, 4.69) is 12.1 Å². The minimum atomic E-state index is -3.88. The monoisotopic (exact) mass is 528 g/mol. The Balaban J connectivity index is 1.58. The summed E-state index contributed by atoms with van der Waals surface area (Å²) < 4.78 is 33.9. The molecule has 151 valence electrons. The van der Waals surface area contributed by atoms with Crippen LogP contribution in [0.25, 0.3) is 0 Å². The van der Waals surface area contributed by atoms with Gasteiger partial charge in [0.25, 0.3) is 0 Å². The molecule has 0 amide bonds. The molecular formula is C25H21IO3S+. The van der Waals surface area contributed by atoms with Crippen LogP contribution in [-0.4, -0.2) is 8.42 Å². The molecule has 0 bridgehead atoms. The summed E-state index contributed by atoms with van der Waals surface area (Å²) in [5, 5.41) is 0. The molecule has 0 aliphatic rings. The predicted molar refractivity (Wildman–Crippen MR) is 114 cm³/mol. The van der Waals surface area contributed by atoms with E-state index in [9.17, 15) is 8.42 Å². The second kappa shape index (κ2) is 9.55. The smallest absolute Gasteiger partial charge is 0.190 e. The molecule has 3 nitrogen and oxygen atoms in total. The van der Waals surface area contributed by atoms with Crippen molar-refractivity contribution < 1.29 is 31.2 Å². The SMILES string of the molecule is O=S(=O)(O[I+](c1ccccc1)c1ccccc1)c1ccc(Cc2ccccc2)cc1. The molecule has 0 fully saturated rings. The third-order valence-electron chi connectivity index (χ3n) is 4.47. The van der Waals surface area contributed by atoms with Crippen molar-refractivity contribution in [3.05, 3.63) is 134 Å². The Labute approximate surface area is 185 Å². The lowest BCUT2D eigenvalue weighted by molar-refractivity contribution is -1.03. The highest BCUT2D eigenvalue weighted by molar-refractivity contribution is 7.86. The average molecular weight is 528 g/mol. The third-order valence-corrected chi connectivity index (χ3v) is 11.8. The minimum Gasteiger partial charge on any atom is -0.190 e. The maximum absolute atomic E-state index is 13.1. The Kier molecular flexibility index (Phi) is 6.62. The molecule has 0 heterocycles. The summed E-state index contributed by atoms with van der Waals surface area (Å²) in [6.07, 6.45) is 0.758. The molecule has 1 radical (unpaired) electrons. The van der Waals surface area contributed by atoms with Crippen LogP contribution in [0, 0.1) is 7.14 Å². The van der Waals surface area contributed by atoms with Crippen LogP contribution in [-0.2, 0) is 19.1 Å². The largest absolute Gasteiger partial charge is 0.336 e. The van der Waals surface area contributed by atoms with Crippen LogP contribution in [0.2, 0.25) is 0 Å². The van der Waals surface area contributed by atoms with Gasteiger partial charge in [-0.1, -0.05) is 78.9 Å². The highest BCUT2D eigenvalue weighted by Crippen LogP contribution is 2.14. The summed E-state index contributed by atoms with van der Waals surface area (Å²) in [5.74, 6) is 0. The highest BCUT2D eigenvalue weighted by Gasteiger charge is 2.37. The summed E-state index contributed by atoms with van der Waals surface area (Å²) in [6.45, 7) is 0. The van der Waals surface area contributed by atoms with E-state index in [0.717, 1.165) is 19.1 Å². The lowest BCUT2D eigenvalue weighted by Crippen LogP contribution is -3.85. The summed E-state index contributed by atoms with van der Waals surface area (Å²) in [6, 6.07) is 36.3. The van der Waals surface area contributed by atoms with Crippen molar-refractivity contribution in [3.63, 3.8) is 0 Å². The molecule has 4 aromatic carbocycles. The summed E-state index contributed by atoms with van der Waals surface area (Å²) in [7, 11) is -3.88. The lowest BCUT2D eigenvalue weighted by atomic mass is 10.1. The van der Waals surface area contributed by atoms with E-state index >= 15 is 0 Å². The van der Waals surface area contributed by atoms with Gasteiger partial charge in [0, 0.05) is 0 Å². The van der Waals surface area contributed by atoms with Gasteiger partial charge in [-0.25, -0.2) is 0 Å². The summed E-state index contributed by atoms with van der Waals surface area (Å²) in [5.41, 5.74) is 2.24. The molecule has 0 spiro atoms. The van der Waals surface area contributed by atoms with E-state index in [-0.39, 0.29) is 4.90 Å². The molecule has 0 saturated heterocycles. The van der Waals surface area contributed by atoms with Crippen molar-refractivity contribution >= 4 is 10.1 Å². The lowest BCUT2D eigenvalue weighted by Gasteiger charge is -2.07. The number of benzene rings is 4. The van der Waals surface area contributed by atoms with Gasteiger partial charge < -0.3 is 0 Å². The molecule has 0 atom stereocenters. The third kappa shape index (κ3) is 5.16. The summed E-state index contributed by atoms with van der Waals surface area (Å²) >= 11 is -2.62. The second-order valence-electron chi connectivity index (χ2n) is 6.66. The highest BCUT2D eigenvalue weighted by atomic mass is 127. The standard InChI is InChI=1S/C25H21IO3S/c27-30(28,25-18-16-22(17-19-25)20-21-10-4-1-5-11-21)29-26(23-12-6-2-7-13-23)24-14-8-3-9-15-24/h1-19H,20H2/q+1. The van der Waals surface area contributed by atoms with E-state index in [1.54, 1.807) is 12.1 Å². The Hall–Kier alpha value is -2.48. The van der Waals surface area contributed by atoms with Crippen LogP contribution in [0.15, 0.2) is 120 Å². The Morgan fingerprint density at radius 1 is 0.567 bits per heavy atom. The van der Waals surface area contributed by atoms with Gasteiger partial charge in [-0.05, 0) is 56.5 Å². The first-order chi connectivity index (χ1) is 14.6. The first-order valence-corrected chi connectivity index (χ1v) is 13.9. The number of rotatable bonds is 7. The fourth-order valence-corrected chi connectivity index (χ4v) is 9.98. The van der Waals surface area contributed by atoms with Crippen LogP contribution >= 0.6 is 0 Å². The fourth-order valence-electron chi connectivity index (χ4n) is 2.98. The topological polar surface area (TPSA) is 43.4 Å². The molecule has 30 heavy (non-hydrogen) atoms. The van der Waals surface area contributed by atoms with Gasteiger partial charge in [-0.3, -0.25) is 0 Å². The minimum absolute atomic E-state index is 0.188. The Morgan fingerprint density at radius 3 is 1.50 bits per heavy atom. The second-order valence-corrected chi connectivity index (χ2v) is 13.2. The maximum Gasteiger partial charge on any atom is 0.336 e. The van der Waals surface area contributed by atoms with Crippen LogP contribution in [0.5, 0.6) is 0 Å². The zero-order valence-corrected chi connectivity index (χ0v) is 19.2. The molecule has 0 saturated carbocycles. The van der Waals surface area contributed by atoms with E-state index in [1.807, 2.05) is 91.0 Å². The Morgan fingerprint density at radius 2 is 1.00 bits per heavy atom. The van der Waals surface area contributed by atoms with Crippen LogP contribution in [0.3, 0.4) is 0 Å². The van der Waals surface area contributed by atoms with Gasteiger partial charge in [0.05, 0.1) is 4.90 Å². The van der Waals surface area contributed by atoms with Gasteiger partial charge >= 0.3 is 30.4 Å². The zero-order valence-electron chi connectivity index (χ0n) is 16.2. The number of hydrogen-bond acceptors (Lipinski definition) is 3. The maximum atomic E-state index is 13.1. The zero-order chi connectivity index (χ0) is 20.8. The molecule has 0 aliphatic carbocycles.